The fraction of sp³-hybridized carbons (Fsp3) is 0.333. The van der Waals surface area contributed by atoms with Crippen LogP contribution in [-0.2, 0) is 7.05 Å². The molecule has 1 aromatic heterocycles. The molecule has 64 valence electrons. The lowest BCUT2D eigenvalue weighted by Gasteiger charge is -1.98. The molecule has 1 N–H and O–H groups in total. The van der Waals surface area contributed by atoms with Gasteiger partial charge in [0.15, 0.2) is 12.4 Å². The molecule has 3 heteroatoms. The van der Waals surface area contributed by atoms with Crippen LogP contribution in [0.2, 0.25) is 0 Å². The zero-order valence-electron chi connectivity index (χ0n) is 7.37. The Morgan fingerprint density at radius 1 is 1.67 bits per heavy atom. The summed E-state index contributed by atoms with van der Waals surface area (Å²) in [4.78, 5) is 11.3. The molecule has 1 heterocycles. The highest BCUT2D eigenvalue weighted by Crippen LogP contribution is 1.92. The van der Waals surface area contributed by atoms with E-state index in [1.165, 1.54) is 0 Å². The van der Waals surface area contributed by atoms with Crippen molar-refractivity contribution in [1.82, 2.24) is 5.32 Å². The predicted molar refractivity (Wildman–Crippen MR) is 45.6 cm³/mol. The van der Waals surface area contributed by atoms with Gasteiger partial charge in [-0.1, -0.05) is 0 Å². The lowest BCUT2D eigenvalue weighted by atomic mass is 10.2. The minimum atomic E-state index is -0.0197. The first-order chi connectivity index (χ1) is 5.74. The Hall–Kier alpha value is -1.38. The third kappa shape index (κ3) is 2.05. The Kier molecular flexibility index (Phi) is 2.80. The van der Waals surface area contributed by atoms with Crippen molar-refractivity contribution in [3.05, 3.63) is 30.1 Å². The van der Waals surface area contributed by atoms with Crippen LogP contribution >= 0.6 is 0 Å². The number of rotatable bonds is 2. The minimum Gasteiger partial charge on any atom is -0.352 e. The van der Waals surface area contributed by atoms with Crippen LogP contribution in [0.25, 0.3) is 0 Å². The van der Waals surface area contributed by atoms with Crippen molar-refractivity contribution >= 4 is 5.91 Å². The molecule has 0 fully saturated rings. The molecule has 0 saturated carbocycles. The number of hydrogen-bond acceptors (Lipinski definition) is 1. The first-order valence-corrected chi connectivity index (χ1v) is 3.97. The summed E-state index contributed by atoms with van der Waals surface area (Å²) in [6.45, 7) is 2.57. The highest BCUT2D eigenvalue weighted by Gasteiger charge is 2.06. The fourth-order valence-corrected chi connectivity index (χ4v) is 0.985. The summed E-state index contributed by atoms with van der Waals surface area (Å²) in [5.41, 5.74) is 0.696. The zero-order valence-corrected chi connectivity index (χ0v) is 7.37. The van der Waals surface area contributed by atoms with E-state index >= 15 is 0 Å². The van der Waals surface area contributed by atoms with E-state index in [0.717, 1.165) is 0 Å². The zero-order chi connectivity index (χ0) is 8.97. The van der Waals surface area contributed by atoms with Gasteiger partial charge in [0, 0.05) is 12.6 Å². The van der Waals surface area contributed by atoms with Crippen LogP contribution in [0.1, 0.15) is 17.3 Å². The normalized spacial score (nSPS) is 9.50. The molecule has 0 aromatic carbocycles. The average Bonchev–Trinajstić information content (AvgIpc) is 2.05. The Morgan fingerprint density at radius 3 is 3.00 bits per heavy atom. The number of nitrogens with zero attached hydrogens (tertiary/aromatic N) is 1. The Balaban J connectivity index is 2.81. The molecule has 1 aromatic rings. The van der Waals surface area contributed by atoms with Crippen LogP contribution in [0.3, 0.4) is 0 Å². The molecule has 0 saturated heterocycles. The van der Waals surface area contributed by atoms with Gasteiger partial charge in [-0.15, -0.1) is 0 Å². The molecule has 0 aliphatic heterocycles. The van der Waals surface area contributed by atoms with Gasteiger partial charge in [0.1, 0.15) is 12.6 Å². The van der Waals surface area contributed by atoms with Crippen LogP contribution in [0.4, 0.5) is 0 Å². The summed E-state index contributed by atoms with van der Waals surface area (Å²) >= 11 is 0. The molecular weight excluding hydrogens is 152 g/mol. The maximum atomic E-state index is 11.3. The number of hydrogen-bond donors (Lipinski definition) is 1. The van der Waals surface area contributed by atoms with E-state index < -0.39 is 0 Å². The van der Waals surface area contributed by atoms with Crippen molar-refractivity contribution in [2.75, 3.05) is 6.54 Å². The van der Waals surface area contributed by atoms with Crippen LogP contribution in [0, 0.1) is 0 Å². The molecule has 0 spiro atoms. The van der Waals surface area contributed by atoms with E-state index in [2.05, 4.69) is 5.32 Å². The van der Waals surface area contributed by atoms with E-state index in [1.807, 2.05) is 30.8 Å². The number of nitrogens with one attached hydrogen (secondary N) is 1. The summed E-state index contributed by atoms with van der Waals surface area (Å²) < 4.78 is 1.85. The predicted octanol–water partition coefficient (Wildman–Crippen LogP) is 0.261. The third-order valence-corrected chi connectivity index (χ3v) is 1.54. The first kappa shape index (κ1) is 8.71. The van der Waals surface area contributed by atoms with E-state index in [4.69, 9.17) is 0 Å². The Morgan fingerprint density at radius 2 is 2.42 bits per heavy atom. The monoisotopic (exact) mass is 165 g/mol. The smallest absolute Gasteiger partial charge is 0.257 e. The van der Waals surface area contributed by atoms with E-state index in [9.17, 15) is 4.79 Å². The molecule has 0 aliphatic rings. The maximum absolute atomic E-state index is 11.3. The van der Waals surface area contributed by atoms with Gasteiger partial charge < -0.3 is 5.32 Å². The highest BCUT2D eigenvalue weighted by atomic mass is 16.1. The molecule has 3 nitrogen and oxygen atoms in total. The number of aryl methyl sites for hydroxylation is 1. The van der Waals surface area contributed by atoms with E-state index in [0.29, 0.717) is 12.1 Å². The summed E-state index contributed by atoms with van der Waals surface area (Å²) in [6, 6.07) is 3.65. The molecule has 1 amide bonds. The van der Waals surface area contributed by atoms with Gasteiger partial charge >= 0.3 is 0 Å². The third-order valence-electron chi connectivity index (χ3n) is 1.54. The number of amides is 1. The molecular formula is C9H13N2O+. The standard InChI is InChI=1S/C9H12N2O/c1-3-10-9(12)8-5-4-6-11(2)7-8/h4-7H,3H2,1-2H3/p+1. The van der Waals surface area contributed by atoms with Gasteiger partial charge in [0.25, 0.3) is 5.91 Å². The van der Waals surface area contributed by atoms with E-state index in [-0.39, 0.29) is 5.91 Å². The van der Waals surface area contributed by atoms with Gasteiger partial charge in [-0.25, -0.2) is 4.57 Å². The number of pyridine rings is 1. The molecule has 0 aliphatic carbocycles. The summed E-state index contributed by atoms with van der Waals surface area (Å²) in [5, 5.41) is 2.74. The van der Waals surface area contributed by atoms with Crippen LogP contribution < -0.4 is 9.88 Å². The SMILES string of the molecule is CCNC(=O)c1ccc[n+](C)c1. The fourth-order valence-electron chi connectivity index (χ4n) is 0.985. The average molecular weight is 165 g/mol. The quantitative estimate of drug-likeness (QED) is 0.626. The van der Waals surface area contributed by atoms with Crippen molar-refractivity contribution in [3.63, 3.8) is 0 Å². The number of carbonyl (C=O) groups is 1. The van der Waals surface area contributed by atoms with Gasteiger partial charge in [0.05, 0.1) is 0 Å². The second kappa shape index (κ2) is 3.85. The van der Waals surface area contributed by atoms with Gasteiger partial charge in [-0.2, -0.15) is 0 Å². The topological polar surface area (TPSA) is 33.0 Å². The summed E-state index contributed by atoms with van der Waals surface area (Å²) in [7, 11) is 1.89. The highest BCUT2D eigenvalue weighted by molar-refractivity contribution is 5.93. The maximum Gasteiger partial charge on any atom is 0.257 e. The summed E-state index contributed by atoms with van der Waals surface area (Å²) in [5.74, 6) is -0.0197. The Labute approximate surface area is 72.0 Å². The van der Waals surface area contributed by atoms with Crippen LogP contribution in [0.15, 0.2) is 24.5 Å². The molecule has 0 unspecified atom stereocenters. The van der Waals surface area contributed by atoms with Crippen molar-refractivity contribution < 1.29 is 9.36 Å². The number of aromatic nitrogens is 1. The van der Waals surface area contributed by atoms with Crippen molar-refractivity contribution in [2.45, 2.75) is 6.92 Å². The van der Waals surface area contributed by atoms with Crippen molar-refractivity contribution in [2.24, 2.45) is 7.05 Å². The molecule has 0 radical (unpaired) electrons. The Bertz CT molecular complexity index is 284. The van der Waals surface area contributed by atoms with Crippen LogP contribution in [0.5, 0.6) is 0 Å². The van der Waals surface area contributed by atoms with Gasteiger partial charge in [-0.05, 0) is 13.0 Å². The molecule has 12 heavy (non-hydrogen) atoms. The minimum absolute atomic E-state index is 0.0197. The second-order valence-corrected chi connectivity index (χ2v) is 2.62. The van der Waals surface area contributed by atoms with E-state index in [1.54, 1.807) is 12.3 Å². The second-order valence-electron chi connectivity index (χ2n) is 2.62. The first-order valence-electron chi connectivity index (χ1n) is 3.97. The van der Waals surface area contributed by atoms with Crippen molar-refractivity contribution in [3.8, 4) is 0 Å². The molecule has 0 atom stereocenters. The summed E-state index contributed by atoms with van der Waals surface area (Å²) in [6.07, 6.45) is 3.69. The van der Waals surface area contributed by atoms with Crippen LogP contribution in [-0.4, -0.2) is 12.5 Å². The number of carbonyl (C=O) groups excluding carboxylic acids is 1. The molecule has 1 rings (SSSR count). The molecule has 0 bridgehead atoms. The van der Waals surface area contributed by atoms with Gasteiger partial charge in [0.2, 0.25) is 0 Å². The lowest BCUT2D eigenvalue weighted by molar-refractivity contribution is -0.671. The van der Waals surface area contributed by atoms with Gasteiger partial charge in [-0.3, -0.25) is 4.79 Å². The lowest BCUT2D eigenvalue weighted by Crippen LogP contribution is -2.31. The largest absolute Gasteiger partial charge is 0.352 e. The van der Waals surface area contributed by atoms with Crippen molar-refractivity contribution in [1.29, 1.82) is 0 Å².